The van der Waals surface area contributed by atoms with E-state index in [4.69, 9.17) is 11.5 Å². The number of hydrogen-bond acceptors (Lipinski definition) is 3. The number of likely N-dealkylation sites (N-methyl/N-ethyl adjacent to an activating group) is 1. The Morgan fingerprint density at radius 3 is 1.92 bits per heavy atom. The van der Waals surface area contributed by atoms with Crippen LogP contribution in [0.2, 0.25) is 0 Å². The molecule has 0 heterocycles. The molecule has 0 aromatic carbocycles. The average molecular weight is 336 g/mol. The van der Waals surface area contributed by atoms with Crippen LogP contribution in [0.1, 0.15) is 54.4 Å². The normalized spacial score (nSPS) is 11.8. The topological polar surface area (TPSA) is 55.3 Å². The molecule has 0 unspecified atom stereocenters. The van der Waals surface area contributed by atoms with Crippen molar-refractivity contribution in [2.75, 3.05) is 20.6 Å². The van der Waals surface area contributed by atoms with E-state index in [1.54, 1.807) is 25.2 Å². The third kappa shape index (κ3) is 28.4. The third-order valence-electron chi connectivity index (χ3n) is 2.60. The molecule has 0 aromatic rings. The summed E-state index contributed by atoms with van der Waals surface area (Å²) in [5.41, 5.74) is 15.0. The fraction of sp³-hybridized carbons (Fsp3) is 0.524. The largest absolute Gasteiger partial charge is 0.402 e. The van der Waals surface area contributed by atoms with Gasteiger partial charge in [0, 0.05) is 17.9 Å². The lowest BCUT2D eigenvalue weighted by Gasteiger charge is -2.06. The monoisotopic (exact) mass is 335 g/mol. The molecule has 3 nitrogen and oxygen atoms in total. The zero-order valence-corrected chi connectivity index (χ0v) is 17.3. The number of rotatable bonds is 7. The minimum absolute atomic E-state index is 0.630. The Morgan fingerprint density at radius 2 is 1.54 bits per heavy atom. The fourth-order valence-electron chi connectivity index (χ4n) is 1.48. The van der Waals surface area contributed by atoms with Crippen molar-refractivity contribution >= 4 is 0 Å². The molecule has 0 saturated carbocycles. The van der Waals surface area contributed by atoms with E-state index >= 15 is 0 Å². The highest BCUT2D eigenvalue weighted by Gasteiger charge is 1.89. The minimum Gasteiger partial charge on any atom is -0.402 e. The Balaban J connectivity index is -0.000000351. The molecule has 0 aliphatic heterocycles. The molecule has 140 valence electrons. The van der Waals surface area contributed by atoms with E-state index in [-0.39, 0.29) is 0 Å². The van der Waals surface area contributed by atoms with Crippen LogP contribution < -0.4 is 11.5 Å². The molecule has 0 bridgehead atoms. The summed E-state index contributed by atoms with van der Waals surface area (Å²) in [6.07, 6.45) is 12.0. The van der Waals surface area contributed by atoms with Crippen molar-refractivity contribution in [1.82, 2.24) is 4.90 Å². The third-order valence-corrected chi connectivity index (χ3v) is 2.60. The first-order valence-corrected chi connectivity index (χ1v) is 8.64. The zero-order valence-electron chi connectivity index (χ0n) is 17.3. The van der Waals surface area contributed by atoms with Gasteiger partial charge in [-0.1, -0.05) is 49.8 Å². The molecule has 0 spiro atoms. The van der Waals surface area contributed by atoms with E-state index in [1.807, 2.05) is 13.8 Å². The van der Waals surface area contributed by atoms with Gasteiger partial charge >= 0.3 is 0 Å². The highest BCUT2D eigenvalue weighted by molar-refractivity contribution is 5.21. The lowest BCUT2D eigenvalue weighted by Crippen LogP contribution is -2.10. The summed E-state index contributed by atoms with van der Waals surface area (Å²) >= 11 is 0. The van der Waals surface area contributed by atoms with Gasteiger partial charge in [-0.25, -0.2) is 0 Å². The van der Waals surface area contributed by atoms with Crippen molar-refractivity contribution in [1.29, 1.82) is 0 Å². The zero-order chi connectivity index (χ0) is 19.5. The quantitative estimate of drug-likeness (QED) is 0.500. The summed E-state index contributed by atoms with van der Waals surface area (Å²) in [5, 5.41) is 0. The van der Waals surface area contributed by atoms with Crippen LogP contribution in [0.3, 0.4) is 0 Å². The minimum atomic E-state index is 0.630. The molecule has 0 atom stereocenters. The van der Waals surface area contributed by atoms with E-state index in [0.717, 1.165) is 6.54 Å². The van der Waals surface area contributed by atoms with Crippen molar-refractivity contribution in [2.24, 2.45) is 11.5 Å². The van der Waals surface area contributed by atoms with E-state index in [0.29, 0.717) is 11.4 Å². The molecule has 4 N–H and O–H groups in total. The lowest BCUT2D eigenvalue weighted by molar-refractivity contribution is 0.455. The summed E-state index contributed by atoms with van der Waals surface area (Å²) in [6.45, 7) is 16.8. The van der Waals surface area contributed by atoms with Crippen molar-refractivity contribution in [3.63, 3.8) is 0 Å². The average Bonchev–Trinajstić information content (AvgIpc) is 2.47. The molecular formula is C21H41N3. The molecule has 24 heavy (non-hydrogen) atoms. The Kier molecular flexibility index (Phi) is 21.8. The molecule has 0 aliphatic carbocycles. The summed E-state index contributed by atoms with van der Waals surface area (Å²) < 4.78 is 0. The lowest BCUT2D eigenvalue weighted by atomic mass is 10.1. The van der Waals surface area contributed by atoms with Crippen LogP contribution in [0.5, 0.6) is 0 Å². The van der Waals surface area contributed by atoms with E-state index in [9.17, 15) is 0 Å². The Labute approximate surface area is 151 Å². The van der Waals surface area contributed by atoms with Gasteiger partial charge in [0.05, 0.1) is 0 Å². The Morgan fingerprint density at radius 1 is 1.00 bits per heavy atom. The van der Waals surface area contributed by atoms with Crippen molar-refractivity contribution in [3.05, 3.63) is 59.5 Å². The van der Waals surface area contributed by atoms with Crippen LogP contribution in [-0.4, -0.2) is 25.5 Å². The molecular weight excluding hydrogens is 294 g/mol. The summed E-state index contributed by atoms with van der Waals surface area (Å²) in [4.78, 5) is 2.18. The molecule has 0 aromatic heterocycles. The smallest absolute Gasteiger partial charge is 0.0330 e. The van der Waals surface area contributed by atoms with Gasteiger partial charge in [0.15, 0.2) is 0 Å². The standard InChI is InChI=1S/C12H23N.C7H12N2.C2H6/c1-11(2)7-6-8-12(3)9-10-13(4)5;1-3-4-7(9)5-6(2)8;1-2/h7,9H,6,8,10H2,1-5H3;3-5H,1,8-9H2,2H3;1-2H3/b12-9+;6-5+,7-4+;. The van der Waals surface area contributed by atoms with Crippen LogP contribution in [0.4, 0.5) is 0 Å². The Hall–Kier alpha value is -1.74. The van der Waals surface area contributed by atoms with Gasteiger partial charge in [-0.3, -0.25) is 0 Å². The van der Waals surface area contributed by atoms with Crippen LogP contribution in [0.25, 0.3) is 0 Å². The van der Waals surface area contributed by atoms with Crippen molar-refractivity contribution in [3.8, 4) is 0 Å². The number of nitrogens with two attached hydrogens (primary N) is 2. The van der Waals surface area contributed by atoms with Crippen molar-refractivity contribution < 1.29 is 0 Å². The predicted molar refractivity (Wildman–Crippen MR) is 113 cm³/mol. The molecule has 0 radical (unpaired) electrons. The Bertz CT molecular complexity index is 416. The van der Waals surface area contributed by atoms with Crippen LogP contribution >= 0.6 is 0 Å². The number of allylic oxidation sites excluding steroid dienone is 7. The number of hydrogen-bond donors (Lipinski definition) is 2. The second-order valence-electron chi connectivity index (χ2n) is 5.92. The first-order valence-electron chi connectivity index (χ1n) is 8.64. The van der Waals surface area contributed by atoms with Gasteiger partial charge in [-0.2, -0.15) is 0 Å². The van der Waals surface area contributed by atoms with Gasteiger partial charge in [0.2, 0.25) is 0 Å². The van der Waals surface area contributed by atoms with Gasteiger partial charge in [-0.15, -0.1) is 0 Å². The fourth-order valence-corrected chi connectivity index (χ4v) is 1.48. The molecule has 0 rings (SSSR count). The highest BCUT2D eigenvalue weighted by atomic mass is 15.0. The second kappa shape index (κ2) is 19.3. The first-order chi connectivity index (χ1) is 11.2. The molecule has 3 heteroatoms. The highest BCUT2D eigenvalue weighted by Crippen LogP contribution is 2.06. The predicted octanol–water partition coefficient (Wildman–Crippen LogP) is 5.14. The molecule has 0 fully saturated rings. The SMILES string of the molecule is C=C/C=C(N)\C=C(/C)N.CC.CC(C)=CCC/C(C)=C/CN(C)C. The maximum absolute atomic E-state index is 5.42. The van der Waals surface area contributed by atoms with E-state index in [1.165, 1.54) is 24.0 Å². The number of nitrogens with zero attached hydrogens (tertiary/aromatic N) is 1. The molecule has 0 aliphatic rings. The van der Waals surface area contributed by atoms with Crippen LogP contribution in [0.15, 0.2) is 59.5 Å². The maximum Gasteiger partial charge on any atom is 0.0330 e. The van der Waals surface area contributed by atoms with Crippen LogP contribution in [0, 0.1) is 0 Å². The summed E-state index contributed by atoms with van der Waals surface area (Å²) in [5.74, 6) is 0. The van der Waals surface area contributed by atoms with E-state index in [2.05, 4.69) is 58.5 Å². The first kappa shape index (κ1) is 27.1. The second-order valence-corrected chi connectivity index (χ2v) is 5.92. The molecule has 0 saturated heterocycles. The van der Waals surface area contributed by atoms with Gasteiger partial charge in [0.1, 0.15) is 0 Å². The summed E-state index contributed by atoms with van der Waals surface area (Å²) in [6, 6.07) is 0. The van der Waals surface area contributed by atoms with Gasteiger partial charge in [-0.05, 0) is 66.8 Å². The van der Waals surface area contributed by atoms with Gasteiger partial charge < -0.3 is 16.4 Å². The van der Waals surface area contributed by atoms with Crippen LogP contribution in [-0.2, 0) is 0 Å². The van der Waals surface area contributed by atoms with Crippen molar-refractivity contribution in [2.45, 2.75) is 54.4 Å². The maximum atomic E-state index is 5.42. The molecule has 0 amide bonds. The van der Waals surface area contributed by atoms with E-state index < -0.39 is 0 Å². The summed E-state index contributed by atoms with van der Waals surface area (Å²) in [7, 11) is 4.19. The van der Waals surface area contributed by atoms with Gasteiger partial charge in [0.25, 0.3) is 0 Å².